The van der Waals surface area contributed by atoms with Crippen LogP contribution in [0.25, 0.3) is 0 Å². The molecule has 0 aliphatic heterocycles. The number of hydrogen-bond acceptors (Lipinski definition) is 4. The summed E-state index contributed by atoms with van der Waals surface area (Å²) in [6, 6.07) is 6.78. The van der Waals surface area contributed by atoms with E-state index in [1.165, 1.54) is 17.8 Å². The highest BCUT2D eigenvalue weighted by atomic mass is 32.2. The third-order valence-corrected chi connectivity index (χ3v) is 3.21. The first kappa shape index (κ1) is 12.0. The van der Waals surface area contributed by atoms with E-state index in [2.05, 4.69) is 15.3 Å². The lowest BCUT2D eigenvalue weighted by Crippen LogP contribution is -2.07. The van der Waals surface area contributed by atoms with Crippen LogP contribution in [-0.4, -0.2) is 17.0 Å². The second-order valence-corrected chi connectivity index (χ2v) is 4.37. The molecule has 0 radical (unpaired) electrons. The van der Waals surface area contributed by atoms with Gasteiger partial charge in [-0.3, -0.25) is 0 Å². The molecule has 0 amide bonds. The minimum Gasteiger partial charge on any atom is -0.316 e. The molecule has 0 unspecified atom stereocenters. The zero-order valence-corrected chi connectivity index (χ0v) is 10.2. The predicted molar refractivity (Wildman–Crippen MR) is 65.3 cm³/mol. The minimum atomic E-state index is -0.241. The van der Waals surface area contributed by atoms with Crippen molar-refractivity contribution in [2.75, 3.05) is 7.05 Å². The molecule has 5 heteroatoms. The Bertz CT molecular complexity index is 490. The second kappa shape index (κ2) is 5.75. The summed E-state index contributed by atoms with van der Waals surface area (Å²) in [5, 5.41) is 3.57. The smallest absolute Gasteiger partial charge is 0.192 e. The standard InChI is InChI=1S/C12H12FN3S/c1-14-8-9-4-2-5-10(13)11(9)17-12-15-6-3-7-16-12/h2-7,14H,8H2,1H3. The van der Waals surface area contributed by atoms with Gasteiger partial charge in [0.25, 0.3) is 0 Å². The van der Waals surface area contributed by atoms with E-state index in [0.717, 1.165) is 5.56 Å². The molecule has 0 fully saturated rings. The number of aromatic nitrogens is 2. The summed E-state index contributed by atoms with van der Waals surface area (Å²) in [5.41, 5.74) is 0.907. The fourth-order valence-electron chi connectivity index (χ4n) is 1.43. The molecule has 0 bridgehead atoms. The first-order valence-electron chi connectivity index (χ1n) is 5.18. The Morgan fingerprint density at radius 2 is 2.00 bits per heavy atom. The van der Waals surface area contributed by atoms with Crippen molar-refractivity contribution in [3.05, 3.63) is 48.0 Å². The van der Waals surface area contributed by atoms with E-state index in [-0.39, 0.29) is 5.82 Å². The van der Waals surface area contributed by atoms with Gasteiger partial charge in [-0.15, -0.1) is 0 Å². The number of rotatable bonds is 4. The second-order valence-electron chi connectivity index (χ2n) is 3.39. The summed E-state index contributed by atoms with van der Waals surface area (Å²) in [4.78, 5) is 8.74. The molecule has 0 saturated carbocycles. The highest BCUT2D eigenvalue weighted by Gasteiger charge is 2.10. The van der Waals surface area contributed by atoms with Gasteiger partial charge >= 0.3 is 0 Å². The number of nitrogens with one attached hydrogen (secondary N) is 1. The molecule has 1 N–H and O–H groups in total. The van der Waals surface area contributed by atoms with Gasteiger partial charge in [0.2, 0.25) is 0 Å². The van der Waals surface area contributed by atoms with Gasteiger partial charge in [-0.05, 0) is 36.5 Å². The van der Waals surface area contributed by atoms with Gasteiger partial charge in [-0.2, -0.15) is 0 Å². The molecule has 0 saturated heterocycles. The van der Waals surface area contributed by atoms with Crippen LogP contribution in [-0.2, 0) is 6.54 Å². The lowest BCUT2D eigenvalue weighted by atomic mass is 10.2. The molecule has 0 atom stereocenters. The topological polar surface area (TPSA) is 37.8 Å². The van der Waals surface area contributed by atoms with E-state index in [4.69, 9.17) is 0 Å². The highest BCUT2D eigenvalue weighted by molar-refractivity contribution is 7.99. The minimum absolute atomic E-state index is 0.241. The Balaban J connectivity index is 2.31. The van der Waals surface area contributed by atoms with E-state index < -0.39 is 0 Å². The van der Waals surface area contributed by atoms with Gasteiger partial charge in [0, 0.05) is 18.9 Å². The van der Waals surface area contributed by atoms with E-state index in [1.54, 1.807) is 24.5 Å². The van der Waals surface area contributed by atoms with Gasteiger partial charge in [0.1, 0.15) is 5.82 Å². The van der Waals surface area contributed by atoms with E-state index in [1.807, 2.05) is 13.1 Å². The average molecular weight is 249 g/mol. The van der Waals surface area contributed by atoms with Crippen LogP contribution in [0.3, 0.4) is 0 Å². The SMILES string of the molecule is CNCc1cccc(F)c1Sc1ncccn1. The largest absolute Gasteiger partial charge is 0.316 e. The Hall–Kier alpha value is -1.46. The van der Waals surface area contributed by atoms with Gasteiger partial charge in [-0.25, -0.2) is 14.4 Å². The van der Waals surface area contributed by atoms with Crippen molar-refractivity contribution in [1.29, 1.82) is 0 Å². The lowest BCUT2D eigenvalue weighted by molar-refractivity contribution is 0.594. The molecule has 2 rings (SSSR count). The van der Waals surface area contributed by atoms with Crippen LogP contribution in [0, 0.1) is 5.82 Å². The van der Waals surface area contributed by atoms with E-state index in [9.17, 15) is 4.39 Å². The summed E-state index contributed by atoms with van der Waals surface area (Å²) in [7, 11) is 1.83. The maximum Gasteiger partial charge on any atom is 0.192 e. The van der Waals surface area contributed by atoms with Crippen LogP contribution in [0.4, 0.5) is 4.39 Å². The fraction of sp³-hybridized carbons (Fsp3) is 0.167. The molecule has 88 valence electrons. The maximum absolute atomic E-state index is 13.8. The first-order chi connectivity index (χ1) is 8.31. The quantitative estimate of drug-likeness (QED) is 0.845. The Morgan fingerprint density at radius 3 is 2.71 bits per heavy atom. The molecule has 2 aromatic rings. The van der Waals surface area contributed by atoms with Crippen molar-refractivity contribution < 1.29 is 4.39 Å². The van der Waals surface area contributed by atoms with Crippen LogP contribution in [0.2, 0.25) is 0 Å². The first-order valence-corrected chi connectivity index (χ1v) is 6.00. The molecule has 17 heavy (non-hydrogen) atoms. The molecule has 0 spiro atoms. The zero-order chi connectivity index (χ0) is 12.1. The monoisotopic (exact) mass is 249 g/mol. The normalized spacial score (nSPS) is 10.5. The lowest BCUT2D eigenvalue weighted by Gasteiger charge is -2.08. The van der Waals surface area contributed by atoms with Gasteiger partial charge < -0.3 is 5.32 Å². The van der Waals surface area contributed by atoms with Crippen LogP contribution in [0.1, 0.15) is 5.56 Å². The summed E-state index contributed by atoms with van der Waals surface area (Å²) in [5.74, 6) is -0.241. The summed E-state index contributed by atoms with van der Waals surface area (Å²) in [6.45, 7) is 0.618. The van der Waals surface area contributed by atoms with Gasteiger partial charge in [0.15, 0.2) is 5.16 Å². The van der Waals surface area contributed by atoms with Crippen LogP contribution < -0.4 is 5.32 Å². The molecule has 1 heterocycles. The third-order valence-electron chi connectivity index (χ3n) is 2.15. The summed E-state index contributed by atoms with van der Waals surface area (Å²) < 4.78 is 13.8. The fourth-order valence-corrected chi connectivity index (χ4v) is 2.27. The maximum atomic E-state index is 13.8. The number of halogens is 1. The molecule has 1 aromatic carbocycles. The average Bonchev–Trinajstić information content (AvgIpc) is 2.35. The van der Waals surface area contributed by atoms with Gasteiger partial charge in [0.05, 0.1) is 4.90 Å². The molecular formula is C12H12FN3S. The molecule has 0 aliphatic rings. The third kappa shape index (κ3) is 3.01. The number of hydrogen-bond donors (Lipinski definition) is 1. The van der Waals surface area contributed by atoms with Gasteiger partial charge in [-0.1, -0.05) is 12.1 Å². The summed E-state index contributed by atoms with van der Waals surface area (Å²) in [6.07, 6.45) is 3.29. The number of nitrogens with zero attached hydrogens (tertiary/aromatic N) is 2. The Labute approximate surface area is 103 Å². The van der Waals surface area contributed by atoms with Crippen molar-refractivity contribution in [1.82, 2.24) is 15.3 Å². The van der Waals surface area contributed by atoms with E-state index in [0.29, 0.717) is 16.6 Å². The zero-order valence-electron chi connectivity index (χ0n) is 9.35. The molecule has 0 aliphatic carbocycles. The molecular weight excluding hydrogens is 237 g/mol. The predicted octanol–water partition coefficient (Wildman–Crippen LogP) is 2.49. The number of benzene rings is 1. The molecule has 1 aromatic heterocycles. The van der Waals surface area contributed by atoms with Crippen LogP contribution in [0.5, 0.6) is 0 Å². The van der Waals surface area contributed by atoms with Crippen molar-refractivity contribution in [3.63, 3.8) is 0 Å². The molecule has 3 nitrogen and oxygen atoms in total. The van der Waals surface area contributed by atoms with Crippen molar-refractivity contribution in [2.24, 2.45) is 0 Å². The van der Waals surface area contributed by atoms with Crippen LogP contribution >= 0.6 is 11.8 Å². The van der Waals surface area contributed by atoms with Crippen molar-refractivity contribution in [3.8, 4) is 0 Å². The Kier molecular flexibility index (Phi) is 4.06. The van der Waals surface area contributed by atoms with Crippen LogP contribution in [0.15, 0.2) is 46.7 Å². The highest BCUT2D eigenvalue weighted by Crippen LogP contribution is 2.30. The summed E-state index contributed by atoms with van der Waals surface area (Å²) >= 11 is 1.24. The van der Waals surface area contributed by atoms with Crippen molar-refractivity contribution in [2.45, 2.75) is 16.6 Å². The Morgan fingerprint density at radius 1 is 1.24 bits per heavy atom. The van der Waals surface area contributed by atoms with E-state index >= 15 is 0 Å². The van der Waals surface area contributed by atoms with Crippen molar-refractivity contribution >= 4 is 11.8 Å².